The molecule has 0 spiro atoms. The van der Waals surface area contributed by atoms with Crippen LogP contribution in [0.15, 0.2) is 18.2 Å². The van der Waals surface area contributed by atoms with Crippen molar-refractivity contribution in [2.75, 3.05) is 51.7 Å². The molecule has 1 N–H and O–H groups in total. The molecular weight excluding hydrogens is 438 g/mol. The highest BCUT2D eigenvalue weighted by Gasteiger charge is 2.16. The van der Waals surface area contributed by atoms with Gasteiger partial charge in [-0.25, -0.2) is 4.98 Å². The fourth-order valence-corrected chi connectivity index (χ4v) is 5.14. The highest BCUT2D eigenvalue weighted by Crippen LogP contribution is 2.23. The molecule has 1 aliphatic rings. The van der Waals surface area contributed by atoms with Crippen LogP contribution >= 0.6 is 0 Å². The van der Waals surface area contributed by atoms with Crippen LogP contribution in [0.3, 0.4) is 0 Å². The summed E-state index contributed by atoms with van der Waals surface area (Å²) in [4.78, 5) is 21.7. The monoisotopic (exact) mass is 485 g/mol. The van der Waals surface area contributed by atoms with E-state index in [0.29, 0.717) is 24.8 Å². The number of fused-ring (bicyclic) bond motifs is 1. The number of likely N-dealkylation sites (tertiary alicyclic amines) is 1. The molecule has 35 heavy (non-hydrogen) atoms. The molecule has 0 unspecified atom stereocenters. The Morgan fingerprint density at radius 1 is 1.09 bits per heavy atom. The van der Waals surface area contributed by atoms with E-state index in [1.165, 1.54) is 50.5 Å². The Hall–Kier alpha value is -2.12. The number of methoxy groups -OCH3 is 1. The van der Waals surface area contributed by atoms with Gasteiger partial charge in [0.15, 0.2) is 0 Å². The number of ether oxygens (including phenoxy) is 1. The number of rotatable bonds is 14. The summed E-state index contributed by atoms with van der Waals surface area (Å²) in [6.45, 7) is 17.3. The summed E-state index contributed by atoms with van der Waals surface area (Å²) < 4.78 is 7.12. The van der Waals surface area contributed by atoms with Crippen LogP contribution < -0.4 is 5.32 Å². The Morgan fingerprint density at radius 3 is 2.46 bits per heavy atom. The predicted molar refractivity (Wildman–Crippen MR) is 145 cm³/mol. The molecule has 7 nitrogen and oxygen atoms in total. The van der Waals surface area contributed by atoms with Crippen molar-refractivity contribution in [1.82, 2.24) is 19.4 Å². The predicted octanol–water partition coefficient (Wildman–Crippen LogP) is 5.00. The molecule has 2 aromatic rings. The molecule has 0 amide bonds. The van der Waals surface area contributed by atoms with Gasteiger partial charge in [-0.2, -0.15) is 0 Å². The Morgan fingerprint density at radius 2 is 1.80 bits per heavy atom. The number of aromatic nitrogens is 2. The molecular formula is C28H47N5O2. The number of nitrogens with one attached hydrogen (secondary N) is 1. The third-order valence-corrected chi connectivity index (χ3v) is 6.61. The summed E-state index contributed by atoms with van der Waals surface area (Å²) in [6, 6.07) is 6.70. The molecule has 7 heteroatoms. The summed E-state index contributed by atoms with van der Waals surface area (Å²) in [7, 11) is 1.43. The molecule has 1 saturated heterocycles. The van der Waals surface area contributed by atoms with E-state index < -0.39 is 0 Å². The summed E-state index contributed by atoms with van der Waals surface area (Å²) in [6.07, 6.45) is 5.43. The number of nitrogens with zero attached hydrogens (tertiary/aromatic N) is 4. The Labute approximate surface area is 212 Å². The number of esters is 1. The second-order valence-corrected chi connectivity index (χ2v) is 10.9. The van der Waals surface area contributed by atoms with Gasteiger partial charge in [-0.3, -0.25) is 9.69 Å². The number of aryl methyl sites for hydroxylation is 1. The lowest BCUT2D eigenvalue weighted by Crippen LogP contribution is -2.31. The van der Waals surface area contributed by atoms with Crippen LogP contribution in [-0.2, 0) is 22.6 Å². The number of piperidine rings is 1. The van der Waals surface area contributed by atoms with Gasteiger partial charge >= 0.3 is 5.97 Å². The number of hydrogen-bond donors (Lipinski definition) is 1. The standard InChI is InChI=1S/C28H47N5O2/c1-22(2)19-32(20-23(3)4)21-24-10-11-25-26(18-24)33(17-9-16-31-14-7-6-8-15-31)28(30-25)29-13-12-27(34)35-5/h10-11,18,22-23H,6-9,12-17,19-21H2,1-5H3,(H,29,30). The summed E-state index contributed by atoms with van der Waals surface area (Å²) in [5.74, 6) is 1.93. The molecule has 1 fully saturated rings. The molecule has 0 bridgehead atoms. The third kappa shape index (κ3) is 8.80. The van der Waals surface area contributed by atoms with Crippen molar-refractivity contribution in [3.05, 3.63) is 23.8 Å². The molecule has 0 aliphatic carbocycles. The molecule has 0 radical (unpaired) electrons. The van der Waals surface area contributed by atoms with Crippen molar-refractivity contribution in [3.63, 3.8) is 0 Å². The normalized spacial score (nSPS) is 15.0. The lowest BCUT2D eigenvalue weighted by Gasteiger charge is -2.26. The first kappa shape index (κ1) is 27.5. The van der Waals surface area contributed by atoms with Crippen molar-refractivity contribution >= 4 is 23.0 Å². The minimum Gasteiger partial charge on any atom is -0.469 e. The molecule has 2 heterocycles. The molecule has 0 atom stereocenters. The zero-order valence-corrected chi connectivity index (χ0v) is 22.7. The Balaban J connectivity index is 1.78. The zero-order chi connectivity index (χ0) is 25.2. The molecule has 0 saturated carbocycles. The lowest BCUT2D eigenvalue weighted by atomic mass is 10.1. The van der Waals surface area contributed by atoms with Gasteiger partial charge in [-0.05, 0) is 68.4 Å². The van der Waals surface area contributed by atoms with Crippen LogP contribution in [-0.4, -0.2) is 71.7 Å². The first-order chi connectivity index (χ1) is 16.9. The molecule has 1 aromatic carbocycles. The maximum absolute atomic E-state index is 11.6. The van der Waals surface area contributed by atoms with Crippen LogP contribution in [0, 0.1) is 11.8 Å². The van der Waals surface area contributed by atoms with E-state index in [1.807, 2.05) is 0 Å². The maximum atomic E-state index is 11.6. The van der Waals surface area contributed by atoms with Gasteiger partial charge in [0.2, 0.25) is 5.95 Å². The number of carbonyl (C=O) groups is 1. The second-order valence-electron chi connectivity index (χ2n) is 10.9. The number of anilines is 1. The lowest BCUT2D eigenvalue weighted by molar-refractivity contribution is -0.140. The van der Waals surface area contributed by atoms with E-state index in [2.05, 4.69) is 65.6 Å². The summed E-state index contributed by atoms with van der Waals surface area (Å²) in [5.41, 5.74) is 3.51. The van der Waals surface area contributed by atoms with Gasteiger partial charge in [0.1, 0.15) is 0 Å². The maximum Gasteiger partial charge on any atom is 0.307 e. The van der Waals surface area contributed by atoms with Gasteiger partial charge in [-0.1, -0.05) is 40.2 Å². The number of carbonyl (C=O) groups excluding carboxylic acids is 1. The fraction of sp³-hybridized carbons (Fsp3) is 0.714. The molecule has 196 valence electrons. The molecule has 3 rings (SSSR count). The van der Waals surface area contributed by atoms with Crippen LogP contribution in [0.5, 0.6) is 0 Å². The fourth-order valence-electron chi connectivity index (χ4n) is 5.14. The van der Waals surface area contributed by atoms with Crippen LogP contribution in [0.4, 0.5) is 5.95 Å². The number of hydrogen-bond acceptors (Lipinski definition) is 6. The number of benzene rings is 1. The summed E-state index contributed by atoms with van der Waals surface area (Å²) in [5, 5.41) is 3.40. The van der Waals surface area contributed by atoms with E-state index in [9.17, 15) is 4.79 Å². The van der Waals surface area contributed by atoms with Crippen molar-refractivity contribution < 1.29 is 9.53 Å². The van der Waals surface area contributed by atoms with Gasteiger partial charge in [-0.15, -0.1) is 0 Å². The first-order valence-electron chi connectivity index (χ1n) is 13.6. The highest BCUT2D eigenvalue weighted by molar-refractivity contribution is 5.79. The minimum absolute atomic E-state index is 0.206. The zero-order valence-electron chi connectivity index (χ0n) is 22.7. The van der Waals surface area contributed by atoms with E-state index in [0.717, 1.165) is 50.6 Å². The minimum atomic E-state index is -0.206. The van der Waals surface area contributed by atoms with Gasteiger partial charge in [0.05, 0.1) is 24.6 Å². The van der Waals surface area contributed by atoms with Crippen molar-refractivity contribution in [2.45, 2.75) is 72.9 Å². The van der Waals surface area contributed by atoms with E-state index in [4.69, 9.17) is 9.72 Å². The van der Waals surface area contributed by atoms with E-state index in [-0.39, 0.29) is 5.97 Å². The van der Waals surface area contributed by atoms with Crippen molar-refractivity contribution in [1.29, 1.82) is 0 Å². The largest absolute Gasteiger partial charge is 0.469 e. The van der Waals surface area contributed by atoms with Crippen LogP contribution in [0.2, 0.25) is 0 Å². The average Bonchev–Trinajstić information content (AvgIpc) is 3.15. The topological polar surface area (TPSA) is 62.6 Å². The average molecular weight is 486 g/mol. The van der Waals surface area contributed by atoms with Crippen molar-refractivity contribution in [2.24, 2.45) is 11.8 Å². The van der Waals surface area contributed by atoms with E-state index >= 15 is 0 Å². The first-order valence-corrected chi connectivity index (χ1v) is 13.6. The second kappa shape index (κ2) is 13.8. The van der Waals surface area contributed by atoms with Gasteiger partial charge < -0.3 is 19.5 Å². The van der Waals surface area contributed by atoms with Crippen LogP contribution in [0.1, 0.15) is 65.4 Å². The third-order valence-electron chi connectivity index (χ3n) is 6.61. The number of imidazole rings is 1. The van der Waals surface area contributed by atoms with Gasteiger partial charge in [0, 0.05) is 32.7 Å². The van der Waals surface area contributed by atoms with Crippen LogP contribution in [0.25, 0.3) is 11.0 Å². The smallest absolute Gasteiger partial charge is 0.307 e. The Kier molecular flexibility index (Phi) is 10.9. The SMILES string of the molecule is COC(=O)CCNc1nc2ccc(CN(CC(C)C)CC(C)C)cc2n1CCCN1CCCCC1. The highest BCUT2D eigenvalue weighted by atomic mass is 16.5. The molecule has 1 aliphatic heterocycles. The van der Waals surface area contributed by atoms with Gasteiger partial charge in [0.25, 0.3) is 0 Å². The van der Waals surface area contributed by atoms with E-state index in [1.54, 1.807) is 0 Å². The summed E-state index contributed by atoms with van der Waals surface area (Å²) >= 11 is 0. The Bertz CT molecular complexity index is 907. The quantitative estimate of drug-likeness (QED) is 0.380. The molecule has 1 aromatic heterocycles. The van der Waals surface area contributed by atoms with Crippen molar-refractivity contribution in [3.8, 4) is 0 Å².